The van der Waals surface area contributed by atoms with Gasteiger partial charge in [-0.1, -0.05) is 54.0 Å². The number of amides is 2. The number of ether oxygens (including phenoxy) is 1. The third-order valence-corrected chi connectivity index (χ3v) is 6.47. The lowest BCUT2D eigenvalue weighted by Crippen LogP contribution is -2.60. The van der Waals surface area contributed by atoms with Crippen molar-refractivity contribution in [1.82, 2.24) is 15.5 Å². The number of nitrogens with one attached hydrogen (secondary N) is 2. The van der Waals surface area contributed by atoms with E-state index in [1.54, 1.807) is 19.9 Å². The van der Waals surface area contributed by atoms with E-state index in [0.717, 1.165) is 32.2 Å². The Morgan fingerprint density at radius 3 is 2.24 bits per heavy atom. The van der Waals surface area contributed by atoms with Gasteiger partial charge >= 0.3 is 5.97 Å². The first kappa shape index (κ1) is 29.1. The average Bonchev–Trinajstić information content (AvgIpc) is 2.75. The first-order valence-electron chi connectivity index (χ1n) is 12.5. The minimum absolute atomic E-state index is 0.0638. The van der Waals surface area contributed by atoms with Gasteiger partial charge in [-0.15, -0.1) is 0 Å². The summed E-state index contributed by atoms with van der Waals surface area (Å²) >= 11 is 0. The zero-order chi connectivity index (χ0) is 25.3. The second kappa shape index (κ2) is 13.1. The van der Waals surface area contributed by atoms with Crippen LogP contribution in [0, 0.1) is 11.3 Å². The van der Waals surface area contributed by atoms with Crippen molar-refractivity contribution in [2.24, 2.45) is 11.3 Å². The van der Waals surface area contributed by atoms with Crippen LogP contribution >= 0.6 is 0 Å². The number of esters is 1. The molecule has 4 atom stereocenters. The molecule has 0 aliphatic carbocycles. The predicted molar refractivity (Wildman–Crippen MR) is 133 cm³/mol. The molecule has 7 heteroatoms. The van der Waals surface area contributed by atoms with Gasteiger partial charge in [0.15, 0.2) is 0 Å². The fraction of sp³-hybridized carbons (Fsp3) is 0.808. The zero-order valence-electron chi connectivity index (χ0n) is 22.3. The van der Waals surface area contributed by atoms with Crippen LogP contribution in [-0.4, -0.2) is 60.0 Å². The Labute approximate surface area is 201 Å². The molecule has 2 N–H and O–H groups in total. The first-order chi connectivity index (χ1) is 15.3. The maximum Gasteiger partial charge on any atom is 0.333 e. The maximum absolute atomic E-state index is 13.4. The molecule has 0 aromatic heterocycles. The van der Waals surface area contributed by atoms with E-state index in [1.165, 1.54) is 0 Å². The van der Waals surface area contributed by atoms with Gasteiger partial charge in [0.1, 0.15) is 6.04 Å². The molecule has 1 aliphatic heterocycles. The zero-order valence-corrected chi connectivity index (χ0v) is 22.3. The molecule has 33 heavy (non-hydrogen) atoms. The van der Waals surface area contributed by atoms with Gasteiger partial charge in [-0.2, -0.15) is 0 Å². The van der Waals surface area contributed by atoms with Crippen LogP contribution < -0.4 is 10.6 Å². The van der Waals surface area contributed by atoms with E-state index < -0.39 is 11.5 Å². The van der Waals surface area contributed by atoms with Crippen LogP contribution in [0.25, 0.3) is 0 Å². The summed E-state index contributed by atoms with van der Waals surface area (Å²) in [5.74, 6) is -0.646. The van der Waals surface area contributed by atoms with E-state index in [-0.39, 0.29) is 35.8 Å². The van der Waals surface area contributed by atoms with Gasteiger partial charge in [-0.05, 0) is 57.9 Å². The maximum atomic E-state index is 13.4. The molecule has 7 nitrogen and oxygen atoms in total. The van der Waals surface area contributed by atoms with Gasteiger partial charge in [0.25, 0.3) is 0 Å². The number of nitrogens with zero attached hydrogens (tertiary/aromatic N) is 1. The lowest BCUT2D eigenvalue weighted by molar-refractivity contribution is -0.138. The lowest BCUT2D eigenvalue weighted by atomic mass is 9.85. The summed E-state index contributed by atoms with van der Waals surface area (Å²) in [5.41, 5.74) is -0.0181. The Hall–Kier alpha value is -1.89. The molecular formula is C26H47N3O4. The number of carbonyl (C=O) groups excluding carboxylic acids is 3. The highest BCUT2D eigenvalue weighted by Crippen LogP contribution is 2.24. The molecule has 190 valence electrons. The van der Waals surface area contributed by atoms with Gasteiger partial charge in [0.05, 0.1) is 18.7 Å². The van der Waals surface area contributed by atoms with Crippen molar-refractivity contribution < 1.29 is 19.1 Å². The minimum Gasteiger partial charge on any atom is -0.463 e. The van der Waals surface area contributed by atoms with Crippen LogP contribution in [0.15, 0.2) is 11.6 Å². The highest BCUT2D eigenvalue weighted by molar-refractivity contribution is 5.91. The molecule has 1 rings (SSSR count). The summed E-state index contributed by atoms with van der Waals surface area (Å²) < 4.78 is 5.07. The molecule has 2 unspecified atom stereocenters. The Morgan fingerprint density at radius 2 is 1.73 bits per heavy atom. The molecule has 0 bridgehead atoms. The van der Waals surface area contributed by atoms with Crippen LogP contribution in [0.5, 0.6) is 0 Å². The summed E-state index contributed by atoms with van der Waals surface area (Å²) in [7, 11) is 0. The largest absolute Gasteiger partial charge is 0.463 e. The monoisotopic (exact) mass is 465 g/mol. The average molecular weight is 466 g/mol. The smallest absolute Gasteiger partial charge is 0.333 e. The quantitative estimate of drug-likeness (QED) is 0.378. The van der Waals surface area contributed by atoms with E-state index in [9.17, 15) is 14.4 Å². The second-order valence-corrected chi connectivity index (χ2v) is 10.7. The molecule has 0 aromatic rings. The van der Waals surface area contributed by atoms with Gasteiger partial charge in [-0.25, -0.2) is 4.79 Å². The van der Waals surface area contributed by atoms with Crippen molar-refractivity contribution >= 4 is 17.8 Å². The first-order valence-corrected chi connectivity index (χ1v) is 12.5. The fourth-order valence-electron chi connectivity index (χ4n) is 4.14. The Balaban J connectivity index is 3.05. The Bertz CT molecular complexity index is 696. The molecule has 0 saturated carbocycles. The van der Waals surface area contributed by atoms with Crippen LogP contribution in [0.4, 0.5) is 0 Å². The molecular weight excluding hydrogens is 418 g/mol. The lowest BCUT2D eigenvalue weighted by Gasteiger charge is -2.40. The molecule has 1 heterocycles. The van der Waals surface area contributed by atoms with E-state index in [0.29, 0.717) is 18.2 Å². The third-order valence-electron chi connectivity index (χ3n) is 6.47. The van der Waals surface area contributed by atoms with Crippen LogP contribution in [-0.2, 0) is 19.1 Å². The summed E-state index contributed by atoms with van der Waals surface area (Å²) in [4.78, 5) is 41.1. The summed E-state index contributed by atoms with van der Waals surface area (Å²) in [6, 6.07) is -0.930. The number of piperidine rings is 1. The summed E-state index contributed by atoms with van der Waals surface area (Å²) in [5, 5.41) is 6.12. The van der Waals surface area contributed by atoms with Crippen LogP contribution in [0.1, 0.15) is 88.0 Å². The highest BCUT2D eigenvalue weighted by atomic mass is 16.5. The molecule has 0 aromatic carbocycles. The number of hydrogen-bond donors (Lipinski definition) is 2. The highest BCUT2D eigenvalue weighted by Gasteiger charge is 2.38. The predicted octanol–water partition coefficient (Wildman–Crippen LogP) is 3.82. The molecule has 1 saturated heterocycles. The van der Waals surface area contributed by atoms with Gasteiger partial charge in [0.2, 0.25) is 11.8 Å². The van der Waals surface area contributed by atoms with Crippen molar-refractivity contribution in [2.45, 2.75) is 112 Å². The summed E-state index contributed by atoms with van der Waals surface area (Å²) in [6.45, 7) is 18.8. The van der Waals surface area contributed by atoms with Crippen molar-refractivity contribution in [3.63, 3.8) is 0 Å². The number of hydrogen-bond acceptors (Lipinski definition) is 5. The normalized spacial score (nSPS) is 20.7. The van der Waals surface area contributed by atoms with Crippen LogP contribution in [0.2, 0.25) is 0 Å². The SMILES string of the molecule is CCOC(=O)C(C)=C[C@@H](NC(=O)[C@@H](NC(=O)C1CCCCN1C(C)CC)C(C)(C)C)C(C)C. The topological polar surface area (TPSA) is 87.7 Å². The van der Waals surface area contributed by atoms with E-state index in [2.05, 4.69) is 29.4 Å². The molecule has 0 radical (unpaired) electrons. The van der Waals surface area contributed by atoms with E-state index in [4.69, 9.17) is 4.74 Å². The molecule has 2 amide bonds. The molecule has 0 spiro atoms. The van der Waals surface area contributed by atoms with Crippen molar-refractivity contribution in [3.05, 3.63) is 11.6 Å². The van der Waals surface area contributed by atoms with Gasteiger partial charge in [0, 0.05) is 11.6 Å². The van der Waals surface area contributed by atoms with Crippen molar-refractivity contribution in [2.75, 3.05) is 13.2 Å². The number of rotatable bonds is 10. The van der Waals surface area contributed by atoms with E-state index >= 15 is 0 Å². The Kier molecular flexibility index (Phi) is 11.6. The van der Waals surface area contributed by atoms with Crippen LogP contribution in [0.3, 0.4) is 0 Å². The van der Waals surface area contributed by atoms with E-state index in [1.807, 2.05) is 34.6 Å². The van der Waals surface area contributed by atoms with Gasteiger partial charge < -0.3 is 15.4 Å². The minimum atomic E-state index is -0.691. The standard InChI is InChI=1S/C26H47N3O4/c1-10-19(6)29-15-13-12-14-21(29)23(30)28-22(26(7,8)9)24(31)27-20(17(3)4)16-18(5)25(32)33-11-2/h16-17,19-22H,10-15H2,1-9H3,(H,27,31)(H,28,30)/t19?,20-,21?,22-/m1/s1. The second-order valence-electron chi connectivity index (χ2n) is 10.7. The van der Waals surface area contributed by atoms with Crippen molar-refractivity contribution in [3.8, 4) is 0 Å². The number of carbonyl (C=O) groups is 3. The molecule has 1 fully saturated rings. The van der Waals surface area contributed by atoms with Gasteiger partial charge in [-0.3, -0.25) is 14.5 Å². The molecule has 1 aliphatic rings. The number of likely N-dealkylation sites (tertiary alicyclic amines) is 1. The third kappa shape index (κ3) is 8.76. The summed E-state index contributed by atoms with van der Waals surface area (Å²) in [6.07, 6.45) is 5.65. The fourth-order valence-corrected chi connectivity index (χ4v) is 4.14. The Morgan fingerprint density at radius 1 is 1.09 bits per heavy atom. The van der Waals surface area contributed by atoms with Crippen molar-refractivity contribution in [1.29, 1.82) is 0 Å².